The highest BCUT2D eigenvalue weighted by molar-refractivity contribution is 5.90. The second-order valence-electron chi connectivity index (χ2n) is 10.8. The standard InChI is InChI=1S/C29H31FN2O6/c1-16-7-5-6-8-21(16)18(3)37-27(35)31-25-17(2)32-38-26(25)19-9-10-22(23(30)11-19)28(4)12-20-13-29(20,36-15-28)14-24(33)34/h5-11,18,20H,12-15H2,1-4H3,(H,31,35)(H,33,34)/t18-,20?,28?,29?/m1/s1. The third-order valence-electron chi connectivity index (χ3n) is 7.88. The van der Waals surface area contributed by atoms with Gasteiger partial charge in [-0.15, -0.1) is 0 Å². The monoisotopic (exact) mass is 522 g/mol. The smallest absolute Gasteiger partial charge is 0.412 e. The van der Waals surface area contributed by atoms with Gasteiger partial charge in [-0.2, -0.15) is 0 Å². The Hall–Kier alpha value is -3.72. The molecule has 8 nitrogen and oxygen atoms in total. The van der Waals surface area contributed by atoms with Gasteiger partial charge in [-0.25, -0.2) is 9.18 Å². The van der Waals surface area contributed by atoms with Crippen molar-refractivity contribution in [1.82, 2.24) is 5.16 Å². The largest absolute Gasteiger partial charge is 0.481 e. The van der Waals surface area contributed by atoms with Crippen LogP contribution in [0.2, 0.25) is 0 Å². The topological polar surface area (TPSA) is 111 Å². The summed E-state index contributed by atoms with van der Waals surface area (Å²) in [4.78, 5) is 23.9. The molecule has 4 atom stereocenters. The Morgan fingerprint density at radius 1 is 1.24 bits per heavy atom. The van der Waals surface area contributed by atoms with Gasteiger partial charge in [0.1, 0.15) is 23.3 Å². The number of anilines is 1. The third kappa shape index (κ3) is 4.78. The molecule has 2 fully saturated rings. The summed E-state index contributed by atoms with van der Waals surface area (Å²) in [5.41, 5.74) is 2.37. The molecule has 2 aliphatic rings. The minimum absolute atomic E-state index is 0.0258. The highest BCUT2D eigenvalue weighted by Crippen LogP contribution is 2.59. The van der Waals surface area contributed by atoms with Crippen LogP contribution >= 0.6 is 0 Å². The number of carbonyl (C=O) groups excluding carboxylic acids is 1. The molecular formula is C29H31FN2O6. The van der Waals surface area contributed by atoms with E-state index in [1.54, 1.807) is 26.0 Å². The molecular weight excluding hydrogens is 491 g/mol. The lowest BCUT2D eigenvalue weighted by atomic mass is 9.76. The molecule has 1 saturated carbocycles. The maximum Gasteiger partial charge on any atom is 0.412 e. The van der Waals surface area contributed by atoms with Crippen molar-refractivity contribution in [2.45, 2.75) is 64.1 Å². The van der Waals surface area contributed by atoms with E-state index in [-0.39, 0.29) is 24.7 Å². The van der Waals surface area contributed by atoms with Crippen LogP contribution in [0.4, 0.5) is 14.9 Å². The van der Waals surface area contributed by atoms with Gasteiger partial charge >= 0.3 is 12.1 Å². The first-order valence-electron chi connectivity index (χ1n) is 12.7. The predicted molar refractivity (Wildman–Crippen MR) is 137 cm³/mol. The molecule has 2 N–H and O–H groups in total. The Kier molecular flexibility index (Phi) is 6.51. The Labute approximate surface area is 220 Å². The summed E-state index contributed by atoms with van der Waals surface area (Å²) in [6, 6.07) is 12.4. The van der Waals surface area contributed by atoms with Gasteiger partial charge in [-0.1, -0.05) is 48.5 Å². The molecule has 3 aromatic rings. The van der Waals surface area contributed by atoms with Crippen LogP contribution in [0.25, 0.3) is 11.3 Å². The number of aryl methyl sites for hydroxylation is 2. The van der Waals surface area contributed by atoms with Gasteiger partial charge in [-0.05, 0) is 62.3 Å². The number of ether oxygens (including phenoxy) is 2. The van der Waals surface area contributed by atoms with Gasteiger partial charge in [0.15, 0.2) is 5.76 Å². The molecule has 1 amide bonds. The van der Waals surface area contributed by atoms with Crippen molar-refractivity contribution in [3.05, 3.63) is 70.7 Å². The number of nitrogens with one attached hydrogen (secondary N) is 1. The highest BCUT2D eigenvalue weighted by Gasteiger charge is 2.62. The molecule has 1 aromatic heterocycles. The fraction of sp³-hybridized carbons (Fsp3) is 0.414. The molecule has 38 heavy (non-hydrogen) atoms. The zero-order chi connectivity index (χ0) is 27.2. The van der Waals surface area contributed by atoms with Crippen LogP contribution in [0, 0.1) is 25.6 Å². The fourth-order valence-electron chi connectivity index (χ4n) is 5.67. The van der Waals surface area contributed by atoms with Crippen LogP contribution in [0.1, 0.15) is 61.6 Å². The molecule has 1 aliphatic heterocycles. The lowest BCUT2D eigenvalue weighted by Crippen LogP contribution is -2.40. The minimum Gasteiger partial charge on any atom is -0.481 e. The molecule has 0 spiro atoms. The number of hydrogen-bond acceptors (Lipinski definition) is 6. The number of benzene rings is 2. The Bertz CT molecular complexity index is 1400. The normalized spacial score (nSPS) is 24.8. The first kappa shape index (κ1) is 25.9. The fourth-order valence-corrected chi connectivity index (χ4v) is 5.67. The average Bonchev–Trinajstić information content (AvgIpc) is 3.42. The summed E-state index contributed by atoms with van der Waals surface area (Å²) in [6.07, 6.45) is 0.152. The zero-order valence-electron chi connectivity index (χ0n) is 21.8. The van der Waals surface area contributed by atoms with Crippen LogP contribution in [-0.4, -0.2) is 34.5 Å². The van der Waals surface area contributed by atoms with Crippen molar-refractivity contribution in [2.75, 3.05) is 11.9 Å². The van der Waals surface area contributed by atoms with E-state index < -0.39 is 35.0 Å². The van der Waals surface area contributed by atoms with Crippen molar-refractivity contribution in [2.24, 2.45) is 5.92 Å². The zero-order valence-corrected chi connectivity index (χ0v) is 21.8. The van der Waals surface area contributed by atoms with Crippen LogP contribution in [-0.2, 0) is 19.7 Å². The molecule has 1 saturated heterocycles. The molecule has 5 rings (SSSR count). The average molecular weight is 523 g/mol. The number of aromatic nitrogens is 1. The second-order valence-corrected chi connectivity index (χ2v) is 10.8. The van der Waals surface area contributed by atoms with Crippen LogP contribution in [0.3, 0.4) is 0 Å². The summed E-state index contributed by atoms with van der Waals surface area (Å²) in [5.74, 6) is -0.999. The van der Waals surface area contributed by atoms with E-state index in [4.69, 9.17) is 14.0 Å². The van der Waals surface area contributed by atoms with E-state index in [2.05, 4.69) is 10.5 Å². The van der Waals surface area contributed by atoms with Crippen LogP contribution < -0.4 is 5.32 Å². The van der Waals surface area contributed by atoms with Crippen molar-refractivity contribution < 1.29 is 33.1 Å². The number of halogens is 1. The van der Waals surface area contributed by atoms with Crippen molar-refractivity contribution in [3.63, 3.8) is 0 Å². The van der Waals surface area contributed by atoms with E-state index >= 15 is 4.39 Å². The molecule has 3 unspecified atom stereocenters. The maximum atomic E-state index is 15.5. The molecule has 2 aromatic carbocycles. The molecule has 0 bridgehead atoms. The molecule has 9 heteroatoms. The number of fused-ring (bicyclic) bond motifs is 1. The summed E-state index contributed by atoms with van der Waals surface area (Å²) in [6.45, 7) is 7.60. The van der Waals surface area contributed by atoms with Crippen molar-refractivity contribution in [1.29, 1.82) is 0 Å². The number of carbonyl (C=O) groups is 2. The molecule has 2 heterocycles. The predicted octanol–water partition coefficient (Wildman–Crippen LogP) is 6.32. The number of aliphatic carboxylic acids is 1. The SMILES string of the molecule is Cc1ccccc1[C@@H](C)OC(=O)Nc1c(C)noc1-c1ccc(C2(C)COC3(CC(=O)O)CC3C2)c(F)c1. The van der Waals surface area contributed by atoms with Crippen LogP contribution in [0.5, 0.6) is 0 Å². The van der Waals surface area contributed by atoms with Gasteiger partial charge < -0.3 is 19.1 Å². The van der Waals surface area contributed by atoms with E-state index in [1.807, 2.05) is 38.1 Å². The van der Waals surface area contributed by atoms with Crippen molar-refractivity contribution >= 4 is 17.7 Å². The highest BCUT2D eigenvalue weighted by atomic mass is 19.1. The van der Waals surface area contributed by atoms with E-state index in [0.717, 1.165) is 11.1 Å². The Morgan fingerprint density at radius 2 is 2.00 bits per heavy atom. The molecule has 200 valence electrons. The Balaban J connectivity index is 1.32. The van der Waals surface area contributed by atoms with Gasteiger partial charge in [-0.3, -0.25) is 10.1 Å². The van der Waals surface area contributed by atoms with Gasteiger partial charge in [0.25, 0.3) is 0 Å². The maximum absolute atomic E-state index is 15.5. The van der Waals surface area contributed by atoms with Crippen LogP contribution in [0.15, 0.2) is 47.0 Å². The lowest BCUT2D eigenvalue weighted by Gasteiger charge is -2.37. The number of carboxylic acids is 1. The summed E-state index contributed by atoms with van der Waals surface area (Å²) in [5, 5.41) is 15.9. The Morgan fingerprint density at radius 3 is 2.68 bits per heavy atom. The number of amides is 1. The summed E-state index contributed by atoms with van der Waals surface area (Å²) < 4.78 is 32.5. The van der Waals surface area contributed by atoms with Gasteiger partial charge in [0.05, 0.1) is 18.6 Å². The minimum atomic E-state index is -0.882. The molecule has 0 radical (unpaired) electrons. The third-order valence-corrected chi connectivity index (χ3v) is 7.88. The summed E-state index contributed by atoms with van der Waals surface area (Å²) in [7, 11) is 0. The number of hydrogen-bond donors (Lipinski definition) is 2. The number of nitrogens with zero attached hydrogens (tertiary/aromatic N) is 1. The first-order chi connectivity index (χ1) is 18.0. The first-order valence-corrected chi connectivity index (χ1v) is 12.7. The van der Waals surface area contributed by atoms with E-state index in [0.29, 0.717) is 35.3 Å². The van der Waals surface area contributed by atoms with E-state index in [1.165, 1.54) is 6.07 Å². The lowest BCUT2D eigenvalue weighted by molar-refractivity contribution is -0.143. The van der Waals surface area contributed by atoms with E-state index in [9.17, 15) is 14.7 Å². The quantitative estimate of drug-likeness (QED) is 0.374. The summed E-state index contributed by atoms with van der Waals surface area (Å²) >= 11 is 0. The number of rotatable bonds is 7. The van der Waals surface area contributed by atoms with Gasteiger partial charge in [0.2, 0.25) is 0 Å². The number of carboxylic acid groups (broad SMARTS) is 1. The van der Waals surface area contributed by atoms with Crippen molar-refractivity contribution in [3.8, 4) is 11.3 Å². The van der Waals surface area contributed by atoms with Gasteiger partial charge in [0, 0.05) is 11.0 Å². The second kappa shape index (κ2) is 9.54. The molecule has 1 aliphatic carbocycles.